The van der Waals surface area contributed by atoms with E-state index in [4.69, 9.17) is 5.73 Å². The van der Waals surface area contributed by atoms with E-state index in [-0.39, 0.29) is 0 Å². The zero-order chi connectivity index (χ0) is 12.4. The summed E-state index contributed by atoms with van der Waals surface area (Å²) >= 11 is 3.41. The SMILES string of the molecule is CCc1nc(-c2cncc(Br)c2)c(N)n1CC. The Bertz CT molecular complexity index is 533. The van der Waals surface area contributed by atoms with E-state index >= 15 is 0 Å². The van der Waals surface area contributed by atoms with E-state index in [0.717, 1.165) is 34.5 Å². The molecule has 0 atom stereocenters. The van der Waals surface area contributed by atoms with Crippen LogP contribution in [-0.2, 0) is 13.0 Å². The highest BCUT2D eigenvalue weighted by atomic mass is 79.9. The summed E-state index contributed by atoms with van der Waals surface area (Å²) in [5.74, 6) is 1.73. The monoisotopic (exact) mass is 294 g/mol. The molecular weight excluding hydrogens is 280 g/mol. The van der Waals surface area contributed by atoms with Crippen molar-refractivity contribution in [1.82, 2.24) is 14.5 Å². The number of anilines is 1. The summed E-state index contributed by atoms with van der Waals surface area (Å²) in [7, 11) is 0. The molecule has 17 heavy (non-hydrogen) atoms. The van der Waals surface area contributed by atoms with Gasteiger partial charge in [-0.2, -0.15) is 0 Å². The number of aromatic nitrogens is 3. The van der Waals surface area contributed by atoms with Gasteiger partial charge in [0.25, 0.3) is 0 Å². The second kappa shape index (κ2) is 4.87. The molecule has 0 aliphatic heterocycles. The number of pyridine rings is 1. The van der Waals surface area contributed by atoms with Crippen LogP contribution in [0.25, 0.3) is 11.3 Å². The van der Waals surface area contributed by atoms with Crippen molar-refractivity contribution in [2.45, 2.75) is 26.8 Å². The van der Waals surface area contributed by atoms with E-state index < -0.39 is 0 Å². The van der Waals surface area contributed by atoms with Crippen molar-refractivity contribution in [3.63, 3.8) is 0 Å². The van der Waals surface area contributed by atoms with E-state index in [0.29, 0.717) is 5.82 Å². The normalized spacial score (nSPS) is 10.8. The molecule has 0 bridgehead atoms. The van der Waals surface area contributed by atoms with Gasteiger partial charge in [0.05, 0.1) is 0 Å². The molecule has 0 saturated carbocycles. The highest BCUT2D eigenvalue weighted by molar-refractivity contribution is 9.10. The van der Waals surface area contributed by atoms with Crippen LogP contribution in [0.5, 0.6) is 0 Å². The van der Waals surface area contributed by atoms with Crippen LogP contribution in [0.15, 0.2) is 22.9 Å². The third-order valence-electron chi connectivity index (χ3n) is 2.70. The summed E-state index contributed by atoms with van der Waals surface area (Å²) in [4.78, 5) is 8.73. The molecule has 0 aromatic carbocycles. The molecule has 0 fully saturated rings. The lowest BCUT2D eigenvalue weighted by molar-refractivity contribution is 0.713. The Morgan fingerprint density at radius 3 is 2.65 bits per heavy atom. The van der Waals surface area contributed by atoms with Gasteiger partial charge in [-0.05, 0) is 28.9 Å². The topological polar surface area (TPSA) is 56.7 Å². The van der Waals surface area contributed by atoms with Crippen molar-refractivity contribution >= 4 is 21.7 Å². The Kier molecular flexibility index (Phi) is 3.47. The number of aryl methyl sites for hydroxylation is 1. The molecule has 2 heterocycles. The second-order valence-corrected chi connectivity index (χ2v) is 4.67. The molecule has 0 unspecified atom stereocenters. The minimum absolute atomic E-state index is 0.712. The molecular formula is C12H15BrN4. The number of hydrogen-bond donors (Lipinski definition) is 1. The fourth-order valence-corrected chi connectivity index (χ4v) is 2.25. The first-order valence-corrected chi connectivity index (χ1v) is 6.42. The van der Waals surface area contributed by atoms with Crippen LogP contribution in [0.2, 0.25) is 0 Å². The molecule has 0 aliphatic rings. The van der Waals surface area contributed by atoms with Gasteiger partial charge >= 0.3 is 0 Å². The van der Waals surface area contributed by atoms with Crippen molar-refractivity contribution in [3.05, 3.63) is 28.8 Å². The van der Waals surface area contributed by atoms with E-state index in [1.165, 1.54) is 0 Å². The number of halogens is 1. The standard InChI is InChI=1S/C12H15BrN4/c1-3-10-16-11(12(14)17(10)4-2)8-5-9(13)7-15-6-8/h5-7H,3-4,14H2,1-2H3. The van der Waals surface area contributed by atoms with Gasteiger partial charge in [-0.3, -0.25) is 4.98 Å². The number of imidazole rings is 1. The minimum atomic E-state index is 0.712. The van der Waals surface area contributed by atoms with Crippen LogP contribution in [0.1, 0.15) is 19.7 Å². The molecule has 2 aromatic rings. The first-order chi connectivity index (χ1) is 8.17. The summed E-state index contributed by atoms with van der Waals surface area (Å²) in [6, 6.07) is 1.98. The summed E-state index contributed by atoms with van der Waals surface area (Å²) in [5.41, 5.74) is 7.89. The highest BCUT2D eigenvalue weighted by Gasteiger charge is 2.14. The molecule has 2 aromatic heterocycles. The fourth-order valence-electron chi connectivity index (χ4n) is 1.89. The van der Waals surface area contributed by atoms with Crippen LogP contribution in [-0.4, -0.2) is 14.5 Å². The van der Waals surface area contributed by atoms with Gasteiger partial charge in [-0.1, -0.05) is 6.92 Å². The molecule has 2 N–H and O–H groups in total. The zero-order valence-electron chi connectivity index (χ0n) is 9.94. The van der Waals surface area contributed by atoms with Gasteiger partial charge < -0.3 is 10.3 Å². The number of rotatable bonds is 3. The first kappa shape index (κ1) is 12.1. The minimum Gasteiger partial charge on any atom is -0.383 e. The Hall–Kier alpha value is -1.36. The van der Waals surface area contributed by atoms with E-state index in [9.17, 15) is 0 Å². The predicted octanol–water partition coefficient (Wildman–Crippen LogP) is 2.87. The Balaban J connectivity index is 2.56. The summed E-state index contributed by atoms with van der Waals surface area (Å²) < 4.78 is 2.97. The third-order valence-corrected chi connectivity index (χ3v) is 3.13. The maximum atomic E-state index is 6.13. The number of nitrogens with zero attached hydrogens (tertiary/aromatic N) is 3. The van der Waals surface area contributed by atoms with Crippen molar-refractivity contribution in [3.8, 4) is 11.3 Å². The lowest BCUT2D eigenvalue weighted by Gasteiger charge is -2.04. The molecule has 0 saturated heterocycles. The lowest BCUT2D eigenvalue weighted by Crippen LogP contribution is -2.04. The highest BCUT2D eigenvalue weighted by Crippen LogP contribution is 2.27. The van der Waals surface area contributed by atoms with Crippen molar-refractivity contribution in [2.75, 3.05) is 5.73 Å². The van der Waals surface area contributed by atoms with Crippen LogP contribution in [0, 0.1) is 0 Å². The average molecular weight is 295 g/mol. The maximum Gasteiger partial charge on any atom is 0.131 e. The van der Waals surface area contributed by atoms with Gasteiger partial charge in [0.15, 0.2) is 0 Å². The first-order valence-electron chi connectivity index (χ1n) is 5.63. The van der Waals surface area contributed by atoms with Crippen molar-refractivity contribution in [2.24, 2.45) is 0 Å². The molecule has 0 radical (unpaired) electrons. The average Bonchev–Trinajstić information content (AvgIpc) is 2.65. The molecule has 0 spiro atoms. The van der Waals surface area contributed by atoms with Gasteiger partial charge in [0, 0.05) is 35.4 Å². The molecule has 0 aliphatic carbocycles. The largest absolute Gasteiger partial charge is 0.383 e. The van der Waals surface area contributed by atoms with E-state index in [1.54, 1.807) is 12.4 Å². The van der Waals surface area contributed by atoms with Gasteiger partial charge in [0.2, 0.25) is 0 Å². The van der Waals surface area contributed by atoms with Crippen LogP contribution >= 0.6 is 15.9 Å². The number of hydrogen-bond acceptors (Lipinski definition) is 3. The van der Waals surface area contributed by atoms with Crippen molar-refractivity contribution in [1.29, 1.82) is 0 Å². The smallest absolute Gasteiger partial charge is 0.131 e. The Morgan fingerprint density at radius 2 is 2.12 bits per heavy atom. The van der Waals surface area contributed by atoms with Crippen LogP contribution in [0.4, 0.5) is 5.82 Å². The molecule has 5 heteroatoms. The van der Waals surface area contributed by atoms with Gasteiger partial charge in [0.1, 0.15) is 17.3 Å². The lowest BCUT2D eigenvalue weighted by atomic mass is 10.2. The van der Waals surface area contributed by atoms with Crippen LogP contribution in [0.3, 0.4) is 0 Å². The van der Waals surface area contributed by atoms with E-state index in [1.807, 2.05) is 10.6 Å². The molecule has 0 amide bonds. The maximum absolute atomic E-state index is 6.13. The fraction of sp³-hybridized carbons (Fsp3) is 0.333. The van der Waals surface area contributed by atoms with Crippen molar-refractivity contribution < 1.29 is 0 Å². The summed E-state index contributed by atoms with van der Waals surface area (Å²) in [6.07, 6.45) is 4.40. The van der Waals surface area contributed by atoms with Gasteiger partial charge in [-0.15, -0.1) is 0 Å². The van der Waals surface area contributed by atoms with Gasteiger partial charge in [-0.25, -0.2) is 4.98 Å². The molecule has 90 valence electrons. The second-order valence-electron chi connectivity index (χ2n) is 3.75. The summed E-state index contributed by atoms with van der Waals surface area (Å²) in [6.45, 7) is 4.99. The number of nitrogen functional groups attached to an aromatic ring is 1. The van der Waals surface area contributed by atoms with E-state index in [2.05, 4.69) is 39.7 Å². The molecule has 2 rings (SSSR count). The summed E-state index contributed by atoms with van der Waals surface area (Å²) in [5, 5.41) is 0. The molecule has 4 nitrogen and oxygen atoms in total. The number of nitrogens with two attached hydrogens (primary N) is 1. The predicted molar refractivity (Wildman–Crippen MR) is 72.6 cm³/mol. The zero-order valence-corrected chi connectivity index (χ0v) is 11.5. The van der Waals surface area contributed by atoms with Crippen LogP contribution < -0.4 is 5.73 Å². The quantitative estimate of drug-likeness (QED) is 0.947. The Labute approximate surface area is 109 Å². The third kappa shape index (κ3) is 2.20. The Morgan fingerprint density at radius 1 is 1.35 bits per heavy atom.